The van der Waals surface area contributed by atoms with Gasteiger partial charge in [-0.1, -0.05) is 205 Å². The van der Waals surface area contributed by atoms with Crippen molar-refractivity contribution >= 4 is 56.9 Å². The maximum atomic E-state index is 14.3. The first-order valence-corrected chi connectivity index (χ1v) is 35.1. The second kappa shape index (κ2) is 38.5. The predicted molar refractivity (Wildman–Crippen MR) is 369 cm³/mol. The Morgan fingerprint density at radius 3 is 2.09 bits per heavy atom. The number of alkyl halides is 1. The van der Waals surface area contributed by atoms with Crippen LogP contribution in [0.5, 0.6) is 0 Å². The molecule has 0 spiro atoms. The van der Waals surface area contributed by atoms with Crippen LogP contribution < -0.4 is 15.5 Å². The van der Waals surface area contributed by atoms with Crippen molar-refractivity contribution in [3.8, 4) is 0 Å². The van der Waals surface area contributed by atoms with Gasteiger partial charge in [0, 0.05) is 47.8 Å². The minimum absolute atomic E-state index is 0.0198. The van der Waals surface area contributed by atoms with Gasteiger partial charge in [0.1, 0.15) is 12.1 Å². The van der Waals surface area contributed by atoms with E-state index in [0.29, 0.717) is 37.8 Å². The van der Waals surface area contributed by atoms with Crippen molar-refractivity contribution in [1.82, 2.24) is 15.5 Å². The molecule has 1 saturated heterocycles. The molecule has 1 aromatic carbocycles. The molecule has 2 N–H and O–H groups in total. The van der Waals surface area contributed by atoms with Gasteiger partial charge in [-0.25, -0.2) is 4.39 Å². The molecule has 1 heterocycles. The molecule has 6 atom stereocenters. The van der Waals surface area contributed by atoms with Gasteiger partial charge < -0.3 is 25.2 Å². The van der Waals surface area contributed by atoms with Gasteiger partial charge in [-0.2, -0.15) is 0 Å². The molecule has 484 valence electrons. The number of ether oxygens (including phenoxy) is 1. The van der Waals surface area contributed by atoms with Crippen molar-refractivity contribution in [1.29, 1.82) is 0 Å². The Morgan fingerprint density at radius 2 is 1.59 bits per heavy atom. The second-order valence-electron chi connectivity index (χ2n) is 26.6. The molecule has 0 bridgehead atoms. The minimum atomic E-state index is -1.86. The van der Waals surface area contributed by atoms with Gasteiger partial charge in [-0.05, 0) is 179 Å². The fourth-order valence-electron chi connectivity index (χ4n) is 11.4. The van der Waals surface area contributed by atoms with Crippen LogP contribution in [0, 0.1) is 29.1 Å². The lowest BCUT2D eigenvalue weighted by Gasteiger charge is -2.40. The standard InChI is InChI=1S/C33H50BrNO.C31H46FN3O3S.C6H12.C4H10O/c1-9-13-14-17-27(16-10-2)28-20-21-30(25(7)22-28)35(26(8)23(5)11-3)31-19-15-18-29(34)32(31)33(36)24(6)12-4;1-8-21(4)19-39-25(20(2)3)23-13-11-22(12-14-23)18-33-27(36)24-10-9-17-35(24)28(37)26(30(5,6)7)34-29(38)31(32)15-16-31;1-6-4-2-3-5-6;1-3-4-5-2/h15,18-20,22-24,27,30H,8-14,16-17,21H2,1-7H3;11,13,19,24,26H,8-10,12,14-18H2,1-7H3,(H,33,36)(H,34,38);6H,2-5H2,1H3;3-4H2,1-2H3. The van der Waals surface area contributed by atoms with Crippen LogP contribution in [-0.4, -0.2) is 79.0 Å². The highest BCUT2D eigenvalue weighted by molar-refractivity contribution is 9.10. The average Bonchev–Trinajstić information content (AvgIpc) is 3.73. The largest absolute Gasteiger partial charge is 0.385 e. The van der Waals surface area contributed by atoms with Gasteiger partial charge in [-0.3, -0.25) is 19.2 Å². The monoisotopic (exact) mass is 1270 g/mol. The van der Waals surface area contributed by atoms with Crippen LogP contribution >= 0.6 is 27.7 Å². The highest BCUT2D eigenvalue weighted by Gasteiger charge is 2.53. The first kappa shape index (κ1) is 76.2. The Labute approximate surface area is 536 Å². The predicted octanol–water partition coefficient (Wildman–Crippen LogP) is 20.0. The number of hydrogen-bond donors (Lipinski definition) is 2. The Morgan fingerprint density at radius 1 is 0.919 bits per heavy atom. The number of rotatable bonds is 27. The molecule has 9 nitrogen and oxygen atoms in total. The molecule has 12 heteroatoms. The third-order valence-corrected chi connectivity index (χ3v) is 20.0. The van der Waals surface area contributed by atoms with Gasteiger partial charge in [0.05, 0.1) is 17.3 Å². The van der Waals surface area contributed by atoms with Crippen LogP contribution in [0.1, 0.15) is 256 Å². The normalized spacial score (nSPS) is 19.6. The van der Waals surface area contributed by atoms with E-state index in [2.05, 4.69) is 163 Å². The molecule has 5 aliphatic rings. The first-order valence-electron chi connectivity index (χ1n) is 33.4. The number of thioether (sulfide) groups is 1. The lowest BCUT2D eigenvalue weighted by atomic mass is 9.82. The number of nitrogens with zero attached hydrogens (tertiary/aromatic N) is 2. The van der Waals surface area contributed by atoms with Crippen molar-refractivity contribution < 1.29 is 28.3 Å². The molecule has 0 aromatic heterocycles. The number of allylic oxidation sites excluding steroid dienone is 8. The third-order valence-electron chi connectivity index (χ3n) is 17.9. The maximum Gasteiger partial charge on any atom is 0.258 e. The average molecular weight is 1270 g/mol. The maximum absolute atomic E-state index is 14.3. The van der Waals surface area contributed by atoms with Crippen LogP contribution in [0.2, 0.25) is 0 Å². The van der Waals surface area contributed by atoms with Gasteiger partial charge in [0.15, 0.2) is 11.5 Å². The van der Waals surface area contributed by atoms with E-state index in [1.54, 1.807) is 23.8 Å². The lowest BCUT2D eigenvalue weighted by molar-refractivity contribution is -0.144. The fourth-order valence-corrected chi connectivity index (χ4v) is 13.0. The number of benzene rings is 1. The molecule has 4 aliphatic carbocycles. The van der Waals surface area contributed by atoms with E-state index >= 15 is 0 Å². The summed E-state index contributed by atoms with van der Waals surface area (Å²) in [6.45, 7) is 40.4. The smallest absolute Gasteiger partial charge is 0.258 e. The molecule has 86 heavy (non-hydrogen) atoms. The number of hydrogen-bond acceptors (Lipinski definition) is 7. The van der Waals surface area contributed by atoms with Gasteiger partial charge in [-0.15, -0.1) is 0 Å². The molecule has 0 radical (unpaired) electrons. The fraction of sp³-hybridized carbons (Fsp3) is 0.676. The SMILES string of the molecule is C=C(C(C)CC)N(c1cccc(Br)c1C(=O)C(C)CC)C1CC=C(C(CCC)CCCCC)C=C1C.CC1CCCC1.CCC(C)=CSC(C1=CC=C(CNC(=O)C2CCCN2C(=O)C(NC(=O)C2(F)CC2)C(C)(C)C)CC1)=C(C)C.CCCOC. The zero-order valence-corrected chi connectivity index (χ0v) is 59.3. The highest BCUT2D eigenvalue weighted by atomic mass is 79.9. The van der Waals surface area contributed by atoms with Gasteiger partial charge >= 0.3 is 0 Å². The van der Waals surface area contributed by atoms with E-state index in [9.17, 15) is 23.6 Å². The molecule has 1 aliphatic heterocycles. The van der Waals surface area contributed by atoms with Crippen molar-refractivity contribution in [2.45, 2.75) is 269 Å². The number of unbranched alkanes of at least 4 members (excludes halogenated alkanes) is 2. The first-order chi connectivity index (χ1) is 40.8. The number of amides is 3. The summed E-state index contributed by atoms with van der Waals surface area (Å²) in [5.41, 5.74) is 8.41. The number of carbonyl (C=O) groups is 4. The Balaban J connectivity index is 0.000000382. The quantitative estimate of drug-likeness (QED) is 0.0667. The number of nitrogens with one attached hydrogen (secondary N) is 2. The molecule has 6 unspecified atom stereocenters. The van der Waals surface area contributed by atoms with E-state index in [4.69, 9.17) is 4.74 Å². The van der Waals surface area contributed by atoms with Crippen LogP contribution in [0.4, 0.5) is 10.1 Å². The van der Waals surface area contributed by atoms with Crippen LogP contribution in [0.25, 0.3) is 0 Å². The topological polar surface area (TPSA) is 108 Å². The summed E-state index contributed by atoms with van der Waals surface area (Å²) in [4.78, 5) is 58.0. The van der Waals surface area contributed by atoms with E-state index in [1.807, 2.05) is 33.8 Å². The lowest BCUT2D eigenvalue weighted by Crippen LogP contribution is -2.59. The van der Waals surface area contributed by atoms with E-state index < -0.39 is 29.1 Å². The molecular weight excluding hydrogens is 1160 g/mol. The third kappa shape index (κ3) is 23.7. The highest BCUT2D eigenvalue weighted by Crippen LogP contribution is 2.43. The number of likely N-dealkylation sites (tertiary alicyclic amines) is 1. The summed E-state index contributed by atoms with van der Waals surface area (Å²) in [5, 5.41) is 7.93. The molecule has 6 rings (SSSR count). The zero-order valence-electron chi connectivity index (χ0n) is 56.9. The number of ketones is 1. The summed E-state index contributed by atoms with van der Waals surface area (Å²) in [7, 11) is 1.71. The Bertz CT molecular complexity index is 2540. The summed E-state index contributed by atoms with van der Waals surface area (Å²) < 4.78 is 19.9. The molecule has 3 fully saturated rings. The van der Waals surface area contributed by atoms with E-state index in [-0.39, 0.29) is 42.4 Å². The summed E-state index contributed by atoms with van der Waals surface area (Å²) >= 11 is 5.51. The Hall–Kier alpha value is -4.00. The van der Waals surface area contributed by atoms with Gasteiger partial charge in [0.2, 0.25) is 11.8 Å². The van der Waals surface area contributed by atoms with Gasteiger partial charge in [0.25, 0.3) is 5.91 Å². The zero-order chi connectivity index (χ0) is 64.3. The minimum Gasteiger partial charge on any atom is -0.385 e. The number of methoxy groups -OCH3 is 1. The molecule has 1 aromatic rings. The number of Topliss-reactive ketones (excluding diaryl/α,β-unsaturated/α-hetero) is 1. The van der Waals surface area contributed by atoms with E-state index in [1.165, 1.54) is 97.0 Å². The van der Waals surface area contributed by atoms with Crippen LogP contribution in [0.3, 0.4) is 0 Å². The number of carbonyl (C=O) groups excluding carboxylic acids is 4. The van der Waals surface area contributed by atoms with Crippen molar-refractivity contribution in [2.75, 3.05) is 31.7 Å². The van der Waals surface area contributed by atoms with Crippen LogP contribution in [-0.2, 0) is 19.1 Å². The second-order valence-corrected chi connectivity index (χ2v) is 28.3. The summed E-state index contributed by atoms with van der Waals surface area (Å²) in [6.07, 6.45) is 31.2. The van der Waals surface area contributed by atoms with Crippen LogP contribution in [0.15, 0.2) is 103 Å². The van der Waals surface area contributed by atoms with E-state index in [0.717, 1.165) is 84.5 Å². The molecule has 2 saturated carbocycles. The summed E-state index contributed by atoms with van der Waals surface area (Å²) in [5.74, 6) is 0.987. The summed E-state index contributed by atoms with van der Waals surface area (Å²) in [6, 6.07) is 4.86. The number of halogens is 2. The Kier molecular flexibility index (Phi) is 34.2. The molecule has 3 amide bonds. The number of anilines is 1. The van der Waals surface area contributed by atoms with Crippen molar-refractivity contribution in [3.63, 3.8) is 0 Å². The molecular formula is C74H118BrFN4O5S. The van der Waals surface area contributed by atoms with Crippen molar-refractivity contribution in [3.05, 3.63) is 109 Å². The van der Waals surface area contributed by atoms with Crippen molar-refractivity contribution in [2.24, 2.45) is 29.1 Å².